The van der Waals surface area contributed by atoms with Crippen molar-refractivity contribution in [3.05, 3.63) is 22.3 Å². The predicted molar refractivity (Wildman–Crippen MR) is 45.0 cm³/mol. The van der Waals surface area contributed by atoms with E-state index >= 15 is 0 Å². The van der Waals surface area contributed by atoms with E-state index < -0.39 is 0 Å². The quantitative estimate of drug-likeness (QED) is 0.356. The molecule has 0 spiro atoms. The Morgan fingerprint density at radius 1 is 1.55 bits per heavy atom. The summed E-state index contributed by atoms with van der Waals surface area (Å²) in [5.74, 6) is 0.423. The molecule has 0 aromatic carbocycles. The molecule has 0 aromatic rings. The number of hydrogen-bond donors (Lipinski definition) is 0. The molecule has 0 unspecified atom stereocenters. The van der Waals surface area contributed by atoms with E-state index in [0.29, 0.717) is 5.92 Å². The lowest BCUT2D eigenvalue weighted by atomic mass is 9.96. The summed E-state index contributed by atoms with van der Waals surface area (Å²) in [6, 6.07) is 0. The van der Waals surface area contributed by atoms with Gasteiger partial charge in [-0.1, -0.05) is 26.0 Å². The van der Waals surface area contributed by atoms with Gasteiger partial charge in [0.15, 0.2) is 0 Å². The van der Waals surface area contributed by atoms with Crippen LogP contribution < -0.4 is 0 Å². The van der Waals surface area contributed by atoms with Crippen LogP contribution >= 0.6 is 0 Å². The molecule has 0 saturated heterocycles. The summed E-state index contributed by atoms with van der Waals surface area (Å²) in [4.78, 5) is 9.90. The van der Waals surface area contributed by atoms with Crippen LogP contribution in [0.3, 0.4) is 0 Å². The summed E-state index contributed by atoms with van der Waals surface area (Å²) in [7, 11) is 0. The van der Waals surface area contributed by atoms with Crippen molar-refractivity contribution < 1.29 is 4.92 Å². The van der Waals surface area contributed by atoms with Gasteiger partial charge in [0.05, 0.1) is 0 Å². The molecule has 0 aliphatic heterocycles. The molecular weight excluding hydrogens is 142 g/mol. The van der Waals surface area contributed by atoms with Gasteiger partial charge < -0.3 is 0 Å². The first kappa shape index (κ1) is 10.1. The molecule has 0 saturated carbocycles. The van der Waals surface area contributed by atoms with E-state index in [1.165, 1.54) is 0 Å². The maximum Gasteiger partial charge on any atom is 0.210 e. The van der Waals surface area contributed by atoms with Gasteiger partial charge in [-0.05, 0) is 12.8 Å². The van der Waals surface area contributed by atoms with Crippen LogP contribution in [-0.4, -0.2) is 11.5 Å². The summed E-state index contributed by atoms with van der Waals surface area (Å²) in [6.45, 7) is 5.92. The second kappa shape index (κ2) is 4.88. The van der Waals surface area contributed by atoms with E-state index in [2.05, 4.69) is 0 Å². The third-order valence-corrected chi connectivity index (χ3v) is 1.66. The molecule has 0 heterocycles. The van der Waals surface area contributed by atoms with Crippen molar-refractivity contribution in [2.24, 2.45) is 11.8 Å². The zero-order chi connectivity index (χ0) is 8.85. The third-order valence-electron chi connectivity index (χ3n) is 1.66. The molecule has 0 aliphatic rings. The molecule has 64 valence electrons. The van der Waals surface area contributed by atoms with Crippen molar-refractivity contribution in [2.75, 3.05) is 6.54 Å². The van der Waals surface area contributed by atoms with Crippen LogP contribution in [0.1, 0.15) is 20.8 Å². The molecule has 0 aromatic heterocycles. The maximum absolute atomic E-state index is 10.2. The van der Waals surface area contributed by atoms with E-state index in [1.807, 2.05) is 32.9 Å². The minimum Gasteiger partial charge on any atom is -0.265 e. The second-order valence-corrected chi connectivity index (χ2v) is 2.95. The van der Waals surface area contributed by atoms with Crippen LogP contribution in [0.4, 0.5) is 0 Å². The molecule has 0 radical (unpaired) electrons. The fourth-order valence-electron chi connectivity index (χ4n) is 0.913. The molecule has 1 atom stereocenters. The highest BCUT2D eigenvalue weighted by atomic mass is 16.6. The Labute approximate surface area is 67.3 Å². The van der Waals surface area contributed by atoms with Crippen LogP contribution in [-0.2, 0) is 0 Å². The number of nitrogens with zero attached hydrogens (tertiary/aromatic N) is 1. The first-order valence-electron chi connectivity index (χ1n) is 3.82. The van der Waals surface area contributed by atoms with Gasteiger partial charge in [0.25, 0.3) is 0 Å². The first-order valence-corrected chi connectivity index (χ1v) is 3.82. The predicted octanol–water partition coefficient (Wildman–Crippen LogP) is 2.11. The summed E-state index contributed by atoms with van der Waals surface area (Å²) >= 11 is 0. The Bertz CT molecular complexity index is 152. The van der Waals surface area contributed by atoms with Gasteiger partial charge >= 0.3 is 0 Å². The van der Waals surface area contributed by atoms with E-state index in [0.717, 1.165) is 0 Å². The van der Waals surface area contributed by atoms with E-state index in [9.17, 15) is 10.1 Å². The largest absolute Gasteiger partial charge is 0.265 e. The van der Waals surface area contributed by atoms with Crippen molar-refractivity contribution in [1.29, 1.82) is 0 Å². The highest BCUT2D eigenvalue weighted by Gasteiger charge is 2.15. The van der Waals surface area contributed by atoms with Gasteiger partial charge in [-0.25, -0.2) is 0 Å². The number of nitro groups is 1. The Balaban J connectivity index is 4.00. The van der Waals surface area contributed by atoms with Gasteiger partial charge in [0, 0.05) is 10.8 Å². The Morgan fingerprint density at radius 2 is 2.09 bits per heavy atom. The molecule has 0 aliphatic carbocycles. The lowest BCUT2D eigenvalue weighted by Crippen LogP contribution is -2.17. The molecule has 3 nitrogen and oxygen atoms in total. The molecule has 0 rings (SSSR count). The van der Waals surface area contributed by atoms with E-state index in [1.54, 1.807) is 0 Å². The first-order chi connectivity index (χ1) is 5.07. The normalized spacial score (nSPS) is 14.2. The second-order valence-electron chi connectivity index (χ2n) is 2.95. The number of hydrogen-bond acceptors (Lipinski definition) is 2. The zero-order valence-electron chi connectivity index (χ0n) is 7.28. The highest BCUT2D eigenvalue weighted by molar-refractivity contribution is 4.86. The zero-order valence-corrected chi connectivity index (χ0v) is 7.28. The van der Waals surface area contributed by atoms with E-state index in [-0.39, 0.29) is 17.4 Å². The van der Waals surface area contributed by atoms with Crippen LogP contribution in [0.25, 0.3) is 0 Å². The number of rotatable bonds is 4. The fourth-order valence-corrected chi connectivity index (χ4v) is 0.913. The topological polar surface area (TPSA) is 43.1 Å². The van der Waals surface area contributed by atoms with Crippen LogP contribution in [0.5, 0.6) is 0 Å². The SMILES string of the molecule is C/C=C/[C@@H](C[N+](=O)[O-])C(C)C. The van der Waals surface area contributed by atoms with Crippen LogP contribution in [0.15, 0.2) is 12.2 Å². The molecule has 0 fully saturated rings. The standard InChI is InChI=1S/C8H15NO2/c1-4-5-8(7(2)3)6-9(10)11/h4-5,7-8H,6H2,1-3H3/b5-4+/t8-/m0/s1. The van der Waals surface area contributed by atoms with Crippen molar-refractivity contribution in [3.63, 3.8) is 0 Å². The van der Waals surface area contributed by atoms with Gasteiger partial charge in [-0.3, -0.25) is 10.1 Å². The third kappa shape index (κ3) is 4.53. The molecule has 0 amide bonds. The summed E-state index contributed by atoms with van der Waals surface area (Å²) in [5.41, 5.74) is 0. The highest BCUT2D eigenvalue weighted by Crippen LogP contribution is 2.12. The van der Waals surface area contributed by atoms with E-state index in [4.69, 9.17) is 0 Å². The van der Waals surface area contributed by atoms with Crippen molar-refractivity contribution in [1.82, 2.24) is 0 Å². The number of allylic oxidation sites excluding steroid dienone is 1. The van der Waals surface area contributed by atoms with Gasteiger partial charge in [-0.2, -0.15) is 0 Å². The maximum atomic E-state index is 10.2. The summed E-state index contributed by atoms with van der Waals surface area (Å²) in [6.07, 6.45) is 3.77. The molecular formula is C8H15NO2. The Kier molecular flexibility index (Phi) is 4.50. The molecule has 0 bridgehead atoms. The van der Waals surface area contributed by atoms with Crippen molar-refractivity contribution >= 4 is 0 Å². The minimum atomic E-state index is -0.259. The van der Waals surface area contributed by atoms with Gasteiger partial charge in [-0.15, -0.1) is 0 Å². The molecule has 11 heavy (non-hydrogen) atoms. The smallest absolute Gasteiger partial charge is 0.210 e. The average molecular weight is 157 g/mol. The van der Waals surface area contributed by atoms with Gasteiger partial charge in [0.1, 0.15) is 0 Å². The molecule has 0 N–H and O–H groups in total. The lowest BCUT2D eigenvalue weighted by Gasteiger charge is -2.10. The average Bonchev–Trinajstić information content (AvgIpc) is 1.86. The van der Waals surface area contributed by atoms with Crippen LogP contribution in [0, 0.1) is 22.0 Å². The molecule has 3 heteroatoms. The van der Waals surface area contributed by atoms with Crippen molar-refractivity contribution in [2.45, 2.75) is 20.8 Å². The van der Waals surface area contributed by atoms with Crippen molar-refractivity contribution in [3.8, 4) is 0 Å². The van der Waals surface area contributed by atoms with Crippen LogP contribution in [0.2, 0.25) is 0 Å². The lowest BCUT2D eigenvalue weighted by molar-refractivity contribution is -0.487. The minimum absolute atomic E-state index is 0.0437. The van der Waals surface area contributed by atoms with Gasteiger partial charge in [0.2, 0.25) is 6.54 Å². The summed E-state index contributed by atoms with van der Waals surface area (Å²) < 4.78 is 0. The fraction of sp³-hybridized carbons (Fsp3) is 0.750. The summed E-state index contributed by atoms with van der Waals surface area (Å²) in [5, 5.41) is 10.2. The Morgan fingerprint density at radius 3 is 2.36 bits per heavy atom. The Hall–Kier alpha value is -0.860. The monoisotopic (exact) mass is 157 g/mol.